The molecule has 9 nitrogen and oxygen atoms in total. The molecular weight excluding hydrogens is 959 g/mol. The van der Waals surface area contributed by atoms with Crippen LogP contribution in [0.3, 0.4) is 0 Å². The molecule has 0 aromatic rings. The van der Waals surface area contributed by atoms with Gasteiger partial charge in [-0.3, -0.25) is 9.59 Å². The number of carboxylic acid groups (broad SMARTS) is 1. The van der Waals surface area contributed by atoms with Gasteiger partial charge in [0.1, 0.15) is 13.2 Å². The van der Waals surface area contributed by atoms with Crippen LogP contribution in [0, 0.1) is 0 Å². The summed E-state index contributed by atoms with van der Waals surface area (Å²) in [6.45, 7) is 4.49. The van der Waals surface area contributed by atoms with Crippen molar-refractivity contribution in [2.24, 2.45) is 0 Å². The smallest absolute Gasteiger partial charge is 0.361 e. The van der Waals surface area contributed by atoms with Crippen LogP contribution in [0.25, 0.3) is 0 Å². The van der Waals surface area contributed by atoms with Gasteiger partial charge in [-0.2, -0.15) is 0 Å². The maximum absolute atomic E-state index is 12.9. The highest BCUT2D eigenvalue weighted by Gasteiger charge is 2.25. The molecular formula is C68H104NO8+. The predicted octanol–water partition coefficient (Wildman–Crippen LogP) is 17.3. The Bertz CT molecular complexity index is 1910. The monoisotopic (exact) mass is 1060 g/mol. The summed E-state index contributed by atoms with van der Waals surface area (Å²) in [5.74, 6) is -2.17. The van der Waals surface area contributed by atoms with E-state index in [1.807, 2.05) is 33.3 Å². The number of esters is 2. The number of quaternary nitrogens is 1. The highest BCUT2D eigenvalue weighted by Crippen LogP contribution is 2.11. The summed E-state index contributed by atoms with van der Waals surface area (Å²) in [5, 5.41) is 9.70. The van der Waals surface area contributed by atoms with Crippen molar-refractivity contribution in [1.29, 1.82) is 0 Å². The lowest BCUT2D eigenvalue weighted by Crippen LogP contribution is -2.40. The van der Waals surface area contributed by atoms with Crippen LogP contribution in [0.2, 0.25) is 0 Å². The van der Waals surface area contributed by atoms with Gasteiger partial charge in [-0.1, -0.05) is 215 Å². The molecule has 0 saturated carbocycles. The molecule has 0 aromatic heterocycles. The van der Waals surface area contributed by atoms with E-state index in [-0.39, 0.29) is 32.7 Å². The molecule has 0 aliphatic carbocycles. The minimum Gasteiger partial charge on any atom is -0.477 e. The van der Waals surface area contributed by atoms with E-state index in [0.717, 1.165) is 128 Å². The normalized spacial score (nSPS) is 14.1. The van der Waals surface area contributed by atoms with Crippen molar-refractivity contribution in [3.05, 3.63) is 182 Å². The maximum atomic E-state index is 12.9. The van der Waals surface area contributed by atoms with Gasteiger partial charge in [0.25, 0.3) is 6.29 Å². The second-order valence-electron chi connectivity index (χ2n) is 19.5. The number of hydrogen-bond donors (Lipinski definition) is 1. The predicted molar refractivity (Wildman–Crippen MR) is 326 cm³/mol. The second-order valence-corrected chi connectivity index (χ2v) is 19.5. The number of unbranched alkanes of at least 4 members (excludes halogenated alkanes) is 5. The molecule has 0 bridgehead atoms. The van der Waals surface area contributed by atoms with Crippen LogP contribution in [-0.2, 0) is 33.3 Å². The lowest BCUT2D eigenvalue weighted by Gasteiger charge is -2.25. The van der Waals surface area contributed by atoms with Crippen molar-refractivity contribution in [2.75, 3.05) is 47.5 Å². The number of likely N-dealkylation sites (N-methyl/N-ethyl adjacent to an activating group) is 1. The Balaban J connectivity index is 4.42. The average molecular weight is 1060 g/mol. The summed E-state index contributed by atoms with van der Waals surface area (Å²) in [4.78, 5) is 37.4. The zero-order chi connectivity index (χ0) is 56.2. The highest BCUT2D eigenvalue weighted by atomic mass is 16.7. The van der Waals surface area contributed by atoms with E-state index < -0.39 is 30.3 Å². The number of hydrogen-bond acceptors (Lipinski definition) is 7. The van der Waals surface area contributed by atoms with Gasteiger partial charge in [0, 0.05) is 12.8 Å². The van der Waals surface area contributed by atoms with Crippen LogP contribution >= 0.6 is 0 Å². The van der Waals surface area contributed by atoms with Crippen molar-refractivity contribution in [1.82, 2.24) is 0 Å². The molecule has 0 aliphatic heterocycles. The Hall–Kier alpha value is -5.61. The van der Waals surface area contributed by atoms with E-state index in [9.17, 15) is 19.5 Å². The molecule has 9 heteroatoms. The molecule has 77 heavy (non-hydrogen) atoms. The van der Waals surface area contributed by atoms with Gasteiger partial charge in [-0.05, 0) is 122 Å². The first-order valence-electron chi connectivity index (χ1n) is 28.9. The summed E-state index contributed by atoms with van der Waals surface area (Å²) in [5.41, 5.74) is 0. The Morgan fingerprint density at radius 1 is 0.390 bits per heavy atom. The van der Waals surface area contributed by atoms with E-state index in [2.05, 4.69) is 184 Å². The number of aliphatic carboxylic acids is 1. The highest BCUT2D eigenvalue weighted by molar-refractivity contribution is 5.71. The van der Waals surface area contributed by atoms with Crippen molar-refractivity contribution in [2.45, 2.75) is 180 Å². The van der Waals surface area contributed by atoms with Crippen LogP contribution < -0.4 is 0 Å². The van der Waals surface area contributed by atoms with E-state index in [1.54, 1.807) is 0 Å². The molecule has 1 N–H and O–H groups in total. The molecule has 0 saturated heterocycles. The quantitative estimate of drug-likeness (QED) is 0.0211. The first-order chi connectivity index (χ1) is 37.6. The van der Waals surface area contributed by atoms with E-state index in [0.29, 0.717) is 23.9 Å². The molecule has 0 fully saturated rings. The van der Waals surface area contributed by atoms with Crippen molar-refractivity contribution < 1.29 is 42.9 Å². The standard InChI is InChI=1S/C68H103NO8/c1-6-8-10-12-14-16-18-20-22-24-26-27-28-29-30-31-32-33-34-35-36-37-38-39-41-43-45-47-49-51-53-55-57-59-66(71)77-64(63-76-68(67(72)73)74-61-60-69(3,4)5)62-75-65(70)58-56-54-52-50-48-46-44-42-40-25-23-21-19-17-15-13-11-9-7-2/h8-11,14-17,20-23,26-27,29-30,32-33,35-36,38-40,42-43,45-46,48,52,54,64,68H,6-7,12-13,18-19,24-25,28,31,34,37,41,44,47,49-51,53,55-63H2,1-5H3/p+1/b10-8-,11-9-,16-14-,17-15-,22-20-,23-21-,27-26-,30-29-,33-32-,36-35-,39-38-,42-40-,45-43-,48-46-,54-52-. The fourth-order valence-electron chi connectivity index (χ4n) is 6.79. The molecule has 2 atom stereocenters. The van der Waals surface area contributed by atoms with Gasteiger partial charge in [-0.25, -0.2) is 4.79 Å². The minimum absolute atomic E-state index is 0.160. The second kappa shape index (κ2) is 56.6. The summed E-state index contributed by atoms with van der Waals surface area (Å²) in [6, 6.07) is 0. The molecule has 0 spiro atoms. The molecule has 0 rings (SSSR count). The topological polar surface area (TPSA) is 108 Å². The molecule has 0 heterocycles. The maximum Gasteiger partial charge on any atom is 0.361 e. The number of carbonyl (C=O) groups excluding carboxylic acids is 2. The third kappa shape index (κ3) is 57.9. The molecule has 0 amide bonds. The number of rotatable bonds is 50. The van der Waals surface area contributed by atoms with Crippen molar-refractivity contribution in [3.63, 3.8) is 0 Å². The van der Waals surface area contributed by atoms with Gasteiger partial charge in [0.15, 0.2) is 6.10 Å². The minimum atomic E-state index is -1.55. The molecule has 428 valence electrons. The Kier molecular flexibility index (Phi) is 52.5. The van der Waals surface area contributed by atoms with Gasteiger partial charge in [0.2, 0.25) is 0 Å². The van der Waals surface area contributed by atoms with E-state index in [1.165, 1.54) is 0 Å². The zero-order valence-electron chi connectivity index (χ0n) is 48.5. The Labute approximate surface area is 469 Å². The Morgan fingerprint density at radius 3 is 1.09 bits per heavy atom. The molecule has 0 aromatic carbocycles. The van der Waals surface area contributed by atoms with Crippen LogP contribution in [0.4, 0.5) is 0 Å². The summed E-state index contributed by atoms with van der Waals surface area (Å²) < 4.78 is 22.7. The largest absolute Gasteiger partial charge is 0.477 e. The van der Waals surface area contributed by atoms with Gasteiger partial charge >= 0.3 is 17.9 Å². The Morgan fingerprint density at radius 2 is 0.727 bits per heavy atom. The van der Waals surface area contributed by atoms with Crippen LogP contribution in [0.1, 0.15) is 168 Å². The SMILES string of the molecule is CC/C=C\C/C=C\C/C=C\C/C=C\C/C=C\C/C=C\C/C=C\C/C=C\C/C=C\CCCCCCCC(=O)OC(COC(=O)CC/C=C\C/C=C\C/C=C\C/C=C\C/C=C\C/C=C\CC)COC(OCC[N+](C)(C)C)C(=O)O. The van der Waals surface area contributed by atoms with Crippen molar-refractivity contribution in [3.8, 4) is 0 Å². The van der Waals surface area contributed by atoms with Crippen LogP contribution in [-0.4, -0.2) is 87.4 Å². The fraction of sp³-hybridized carbons (Fsp3) is 0.515. The number of nitrogens with zero attached hydrogens (tertiary/aromatic N) is 1. The summed E-state index contributed by atoms with van der Waals surface area (Å²) in [6.07, 6.45) is 84.1. The number of carboxylic acids is 1. The van der Waals surface area contributed by atoms with Gasteiger partial charge < -0.3 is 28.5 Å². The average Bonchev–Trinajstić information content (AvgIpc) is 3.40. The first kappa shape index (κ1) is 71.4. The number of allylic oxidation sites excluding steroid dienone is 30. The van der Waals surface area contributed by atoms with Crippen LogP contribution in [0.5, 0.6) is 0 Å². The number of carbonyl (C=O) groups is 3. The number of ether oxygens (including phenoxy) is 4. The molecule has 0 aliphatic rings. The summed E-state index contributed by atoms with van der Waals surface area (Å²) >= 11 is 0. The van der Waals surface area contributed by atoms with Gasteiger partial charge in [0.05, 0.1) is 34.4 Å². The fourth-order valence-corrected chi connectivity index (χ4v) is 6.79. The molecule has 2 unspecified atom stereocenters. The van der Waals surface area contributed by atoms with E-state index in [4.69, 9.17) is 18.9 Å². The van der Waals surface area contributed by atoms with Gasteiger partial charge in [-0.15, -0.1) is 0 Å². The molecule has 0 radical (unpaired) electrons. The van der Waals surface area contributed by atoms with Crippen LogP contribution in [0.15, 0.2) is 182 Å². The lowest BCUT2D eigenvalue weighted by atomic mass is 10.1. The zero-order valence-corrected chi connectivity index (χ0v) is 48.5. The lowest BCUT2D eigenvalue weighted by molar-refractivity contribution is -0.870. The summed E-state index contributed by atoms with van der Waals surface area (Å²) in [7, 11) is 5.92. The van der Waals surface area contributed by atoms with Crippen molar-refractivity contribution >= 4 is 17.9 Å². The third-order valence-corrected chi connectivity index (χ3v) is 11.2. The first-order valence-corrected chi connectivity index (χ1v) is 28.9. The van der Waals surface area contributed by atoms with E-state index >= 15 is 0 Å². The third-order valence-electron chi connectivity index (χ3n) is 11.2.